The highest BCUT2D eigenvalue weighted by Crippen LogP contribution is 2.22. The van der Waals surface area contributed by atoms with Gasteiger partial charge in [0.1, 0.15) is 5.69 Å². The summed E-state index contributed by atoms with van der Waals surface area (Å²) in [5, 5.41) is 11.5. The first-order valence-electron chi connectivity index (χ1n) is 11.9. The lowest BCUT2D eigenvalue weighted by molar-refractivity contribution is -0.125. The van der Waals surface area contributed by atoms with Crippen molar-refractivity contribution in [3.63, 3.8) is 0 Å². The third kappa shape index (κ3) is 11.1. The normalized spacial score (nSPS) is 12.9. The standard InChI is InChI=1S/C24H46N4O3/c1-9-12-16-28-18-20(26-27-28)19-31-23(6,7)15-17-30-22(4,5)14-13-21(29)25-24(8,10-2)11-3/h18H,9-17,19H2,1-8H3,(H,25,29). The fourth-order valence-corrected chi connectivity index (χ4v) is 3.06. The van der Waals surface area contributed by atoms with E-state index in [1.54, 1.807) is 0 Å². The number of amides is 1. The largest absolute Gasteiger partial charge is 0.375 e. The van der Waals surface area contributed by atoms with Crippen LogP contribution in [0.5, 0.6) is 0 Å². The lowest BCUT2D eigenvalue weighted by Crippen LogP contribution is -2.45. The van der Waals surface area contributed by atoms with E-state index in [-0.39, 0.29) is 22.6 Å². The quantitative estimate of drug-likeness (QED) is 0.391. The molecule has 1 heterocycles. The molecule has 0 aliphatic rings. The summed E-state index contributed by atoms with van der Waals surface area (Å²) in [5.41, 5.74) is 0.0438. The molecule has 0 fully saturated rings. The molecule has 31 heavy (non-hydrogen) atoms. The molecule has 0 atom stereocenters. The smallest absolute Gasteiger partial charge is 0.220 e. The van der Waals surface area contributed by atoms with Gasteiger partial charge in [0.2, 0.25) is 5.91 Å². The number of carbonyl (C=O) groups is 1. The Kier molecular flexibility index (Phi) is 11.1. The molecule has 7 heteroatoms. The third-order valence-electron chi connectivity index (χ3n) is 6.09. The SMILES string of the molecule is CCCCn1cc(COC(C)(C)CCOC(C)(C)CCC(=O)NC(C)(CC)CC)nn1. The predicted molar refractivity (Wildman–Crippen MR) is 125 cm³/mol. The highest BCUT2D eigenvalue weighted by Gasteiger charge is 2.26. The summed E-state index contributed by atoms with van der Waals surface area (Å²) >= 11 is 0. The van der Waals surface area contributed by atoms with Gasteiger partial charge in [-0.2, -0.15) is 0 Å². The zero-order valence-electron chi connectivity index (χ0n) is 21.2. The Balaban J connectivity index is 2.35. The molecule has 1 aromatic rings. The van der Waals surface area contributed by atoms with Gasteiger partial charge in [-0.1, -0.05) is 32.4 Å². The summed E-state index contributed by atoms with van der Waals surface area (Å²) in [4.78, 5) is 12.3. The molecular weight excluding hydrogens is 392 g/mol. The second-order valence-electron chi connectivity index (χ2n) is 10.0. The first-order valence-corrected chi connectivity index (χ1v) is 11.9. The van der Waals surface area contributed by atoms with Crippen LogP contribution < -0.4 is 5.32 Å². The van der Waals surface area contributed by atoms with Crippen LogP contribution in [0.15, 0.2) is 6.20 Å². The minimum atomic E-state index is -0.357. The van der Waals surface area contributed by atoms with Crippen LogP contribution in [-0.4, -0.2) is 44.2 Å². The highest BCUT2D eigenvalue weighted by atomic mass is 16.5. The van der Waals surface area contributed by atoms with Crippen molar-refractivity contribution >= 4 is 5.91 Å². The Hall–Kier alpha value is -1.47. The number of ether oxygens (including phenoxy) is 2. The number of unbranched alkanes of at least 4 members (excludes halogenated alkanes) is 1. The summed E-state index contributed by atoms with van der Waals surface area (Å²) in [7, 11) is 0. The van der Waals surface area contributed by atoms with Gasteiger partial charge in [-0.15, -0.1) is 5.10 Å². The molecule has 0 aromatic carbocycles. The number of rotatable bonds is 16. The second kappa shape index (κ2) is 12.5. The Labute approximate surface area is 189 Å². The summed E-state index contributed by atoms with van der Waals surface area (Å²) in [5.74, 6) is 0.0959. The van der Waals surface area contributed by atoms with Crippen LogP contribution in [0.2, 0.25) is 0 Å². The van der Waals surface area contributed by atoms with E-state index in [2.05, 4.69) is 57.2 Å². The van der Waals surface area contributed by atoms with E-state index >= 15 is 0 Å². The molecule has 0 bridgehead atoms. The first kappa shape index (κ1) is 27.6. The van der Waals surface area contributed by atoms with Crippen molar-refractivity contribution in [3.05, 3.63) is 11.9 Å². The summed E-state index contributed by atoms with van der Waals surface area (Å²) in [6, 6.07) is 0. The topological polar surface area (TPSA) is 78.3 Å². The molecule has 0 spiro atoms. The van der Waals surface area contributed by atoms with E-state index in [4.69, 9.17) is 9.47 Å². The number of aryl methyl sites for hydroxylation is 1. The molecule has 0 saturated heterocycles. The summed E-state index contributed by atoms with van der Waals surface area (Å²) in [6.45, 7) is 18.6. The fraction of sp³-hybridized carbons (Fsp3) is 0.875. The van der Waals surface area contributed by atoms with Crippen molar-refractivity contribution in [2.24, 2.45) is 0 Å². The van der Waals surface area contributed by atoms with Gasteiger partial charge >= 0.3 is 0 Å². The zero-order chi connectivity index (χ0) is 23.5. The molecule has 1 amide bonds. The van der Waals surface area contributed by atoms with Crippen LogP contribution in [0, 0.1) is 0 Å². The van der Waals surface area contributed by atoms with Crippen molar-refractivity contribution in [3.8, 4) is 0 Å². The molecular formula is C24H46N4O3. The molecule has 0 unspecified atom stereocenters. The molecule has 0 aliphatic heterocycles. The van der Waals surface area contributed by atoms with E-state index < -0.39 is 0 Å². The maximum Gasteiger partial charge on any atom is 0.220 e. The summed E-state index contributed by atoms with van der Waals surface area (Å²) < 4.78 is 14.0. The average molecular weight is 439 g/mol. The van der Waals surface area contributed by atoms with E-state index in [9.17, 15) is 4.79 Å². The average Bonchev–Trinajstić information content (AvgIpc) is 3.17. The Bertz CT molecular complexity index is 651. The number of nitrogens with zero attached hydrogens (tertiary/aromatic N) is 3. The van der Waals surface area contributed by atoms with Gasteiger partial charge in [0, 0.05) is 18.5 Å². The van der Waals surface area contributed by atoms with Gasteiger partial charge in [-0.05, 0) is 66.7 Å². The number of nitrogens with one attached hydrogen (secondary N) is 1. The van der Waals surface area contributed by atoms with Gasteiger partial charge in [-0.25, -0.2) is 0 Å². The molecule has 1 rings (SSSR count). The Morgan fingerprint density at radius 1 is 1.03 bits per heavy atom. The van der Waals surface area contributed by atoms with Gasteiger partial charge in [0.25, 0.3) is 0 Å². The maximum atomic E-state index is 12.3. The van der Waals surface area contributed by atoms with Crippen LogP contribution in [-0.2, 0) is 27.4 Å². The second-order valence-corrected chi connectivity index (χ2v) is 10.0. The Morgan fingerprint density at radius 2 is 1.68 bits per heavy atom. The van der Waals surface area contributed by atoms with Gasteiger partial charge in [-0.3, -0.25) is 9.48 Å². The van der Waals surface area contributed by atoms with E-state index in [1.165, 1.54) is 0 Å². The van der Waals surface area contributed by atoms with E-state index in [1.807, 2.05) is 24.7 Å². The van der Waals surface area contributed by atoms with Crippen molar-refractivity contribution in [2.45, 2.75) is 130 Å². The zero-order valence-corrected chi connectivity index (χ0v) is 21.2. The van der Waals surface area contributed by atoms with E-state index in [0.29, 0.717) is 26.1 Å². The van der Waals surface area contributed by atoms with Crippen LogP contribution in [0.25, 0.3) is 0 Å². The van der Waals surface area contributed by atoms with Crippen LogP contribution in [0.4, 0.5) is 0 Å². The Morgan fingerprint density at radius 3 is 2.29 bits per heavy atom. The van der Waals surface area contributed by atoms with Gasteiger partial charge in [0.15, 0.2) is 0 Å². The molecule has 7 nitrogen and oxygen atoms in total. The molecule has 0 saturated carbocycles. The van der Waals surface area contributed by atoms with Crippen molar-refractivity contribution in [1.29, 1.82) is 0 Å². The lowest BCUT2D eigenvalue weighted by atomic mass is 9.94. The molecule has 1 N–H and O–H groups in total. The van der Waals surface area contributed by atoms with Crippen molar-refractivity contribution in [1.82, 2.24) is 20.3 Å². The predicted octanol–water partition coefficient (Wildman–Crippen LogP) is 5.03. The third-order valence-corrected chi connectivity index (χ3v) is 6.09. The minimum Gasteiger partial charge on any atom is -0.375 e. The number of hydrogen-bond acceptors (Lipinski definition) is 5. The number of carbonyl (C=O) groups excluding carboxylic acids is 1. The lowest BCUT2D eigenvalue weighted by Gasteiger charge is -2.31. The number of aromatic nitrogens is 3. The van der Waals surface area contributed by atoms with E-state index in [0.717, 1.165) is 44.3 Å². The monoisotopic (exact) mass is 438 g/mol. The van der Waals surface area contributed by atoms with Gasteiger partial charge in [0.05, 0.1) is 30.6 Å². The molecule has 0 aliphatic carbocycles. The molecule has 180 valence electrons. The maximum absolute atomic E-state index is 12.3. The molecule has 1 aromatic heterocycles. The fourth-order valence-electron chi connectivity index (χ4n) is 3.06. The van der Waals surface area contributed by atoms with Gasteiger partial charge < -0.3 is 14.8 Å². The van der Waals surface area contributed by atoms with Crippen LogP contribution >= 0.6 is 0 Å². The van der Waals surface area contributed by atoms with Crippen molar-refractivity contribution in [2.75, 3.05) is 6.61 Å². The highest BCUT2D eigenvalue weighted by molar-refractivity contribution is 5.76. The number of hydrogen-bond donors (Lipinski definition) is 1. The molecule has 0 radical (unpaired) electrons. The van der Waals surface area contributed by atoms with Crippen LogP contribution in [0.1, 0.15) is 106 Å². The first-order chi connectivity index (χ1) is 14.4. The van der Waals surface area contributed by atoms with Crippen LogP contribution in [0.3, 0.4) is 0 Å². The van der Waals surface area contributed by atoms with Crippen molar-refractivity contribution < 1.29 is 14.3 Å². The minimum absolute atomic E-state index is 0.0959. The summed E-state index contributed by atoms with van der Waals surface area (Å²) in [6.07, 6.45) is 7.96.